The topological polar surface area (TPSA) is 45.2 Å². The number of amides is 1. The summed E-state index contributed by atoms with van der Waals surface area (Å²) in [5.74, 6) is -0.0214. The normalized spacial score (nSPS) is 10.4. The Bertz CT molecular complexity index is 409. The minimum Gasteiger partial charge on any atom is -0.340 e. The smallest absolute Gasteiger partial charge is 0.253 e. The average Bonchev–Trinajstić information content (AvgIpc) is 2.34. The van der Waals surface area contributed by atoms with Crippen LogP contribution in [0.4, 0.5) is 0 Å². The number of nitrogens with one attached hydrogen (secondary N) is 1. The van der Waals surface area contributed by atoms with E-state index in [1.54, 1.807) is 18.0 Å². The second-order valence-corrected chi connectivity index (χ2v) is 4.64. The molecule has 0 aromatic carbocycles. The van der Waals surface area contributed by atoms with Gasteiger partial charge in [0.1, 0.15) is 5.15 Å². The molecule has 1 heterocycles. The number of aromatic nitrogens is 1. The molecule has 18 heavy (non-hydrogen) atoms. The summed E-state index contributed by atoms with van der Waals surface area (Å²) in [4.78, 5) is 18.1. The van der Waals surface area contributed by atoms with Gasteiger partial charge in [-0.25, -0.2) is 4.98 Å². The number of aryl methyl sites for hydroxylation is 1. The number of halogens is 1. The van der Waals surface area contributed by atoms with Crippen LogP contribution in [-0.4, -0.2) is 43.0 Å². The molecule has 0 fully saturated rings. The Kier molecular flexibility index (Phi) is 6.09. The van der Waals surface area contributed by atoms with Crippen LogP contribution in [0.2, 0.25) is 5.15 Å². The molecule has 1 N–H and O–H groups in total. The molecule has 0 atom stereocenters. The molecular weight excluding hydrogens is 250 g/mol. The van der Waals surface area contributed by atoms with E-state index in [4.69, 9.17) is 11.6 Å². The van der Waals surface area contributed by atoms with Gasteiger partial charge in [-0.15, -0.1) is 0 Å². The van der Waals surface area contributed by atoms with Gasteiger partial charge in [-0.3, -0.25) is 4.79 Å². The van der Waals surface area contributed by atoms with Crippen LogP contribution in [0, 0.1) is 0 Å². The summed E-state index contributed by atoms with van der Waals surface area (Å²) >= 11 is 5.94. The van der Waals surface area contributed by atoms with E-state index in [0.717, 1.165) is 25.1 Å². The average molecular weight is 270 g/mol. The van der Waals surface area contributed by atoms with E-state index < -0.39 is 0 Å². The molecule has 4 nitrogen and oxygen atoms in total. The third kappa shape index (κ3) is 4.27. The SMILES string of the molecule is CCCc1cc(C(=O)N(C)CCNC)cc(Cl)n1. The summed E-state index contributed by atoms with van der Waals surface area (Å²) < 4.78 is 0. The highest BCUT2D eigenvalue weighted by atomic mass is 35.5. The third-order valence-electron chi connectivity index (χ3n) is 2.64. The molecule has 0 aliphatic rings. The van der Waals surface area contributed by atoms with Gasteiger partial charge in [0, 0.05) is 31.4 Å². The zero-order valence-electron chi connectivity index (χ0n) is 11.2. The van der Waals surface area contributed by atoms with Crippen molar-refractivity contribution < 1.29 is 4.79 Å². The van der Waals surface area contributed by atoms with Crippen LogP contribution in [0.25, 0.3) is 0 Å². The first kappa shape index (κ1) is 14.9. The fourth-order valence-electron chi connectivity index (χ4n) is 1.66. The molecule has 5 heteroatoms. The largest absolute Gasteiger partial charge is 0.340 e. The van der Waals surface area contributed by atoms with E-state index >= 15 is 0 Å². The summed E-state index contributed by atoms with van der Waals surface area (Å²) in [5.41, 5.74) is 1.48. The Morgan fingerprint density at radius 3 is 2.83 bits per heavy atom. The van der Waals surface area contributed by atoms with Gasteiger partial charge in [0.15, 0.2) is 0 Å². The van der Waals surface area contributed by atoms with Crippen LogP contribution < -0.4 is 5.32 Å². The summed E-state index contributed by atoms with van der Waals surface area (Å²) in [5, 5.41) is 3.40. The molecular formula is C13H20ClN3O. The van der Waals surface area contributed by atoms with Crippen LogP contribution in [-0.2, 0) is 6.42 Å². The highest BCUT2D eigenvalue weighted by molar-refractivity contribution is 6.29. The molecule has 1 rings (SSSR count). The molecule has 0 radical (unpaired) electrons. The van der Waals surface area contributed by atoms with Gasteiger partial charge in [0.2, 0.25) is 0 Å². The van der Waals surface area contributed by atoms with E-state index in [1.165, 1.54) is 0 Å². The number of hydrogen-bond donors (Lipinski definition) is 1. The van der Waals surface area contributed by atoms with E-state index in [9.17, 15) is 4.79 Å². The van der Waals surface area contributed by atoms with Crippen LogP contribution in [0.15, 0.2) is 12.1 Å². The number of pyridine rings is 1. The Balaban J connectivity index is 2.84. The molecule has 0 saturated carbocycles. The van der Waals surface area contributed by atoms with E-state index in [0.29, 0.717) is 17.3 Å². The van der Waals surface area contributed by atoms with Gasteiger partial charge in [-0.1, -0.05) is 24.9 Å². The first-order chi connectivity index (χ1) is 8.58. The fourth-order valence-corrected chi connectivity index (χ4v) is 1.89. The minimum atomic E-state index is -0.0214. The van der Waals surface area contributed by atoms with Crippen LogP contribution >= 0.6 is 11.6 Å². The van der Waals surface area contributed by atoms with E-state index in [-0.39, 0.29) is 5.91 Å². The highest BCUT2D eigenvalue weighted by Gasteiger charge is 2.13. The van der Waals surface area contributed by atoms with Crippen LogP contribution in [0.3, 0.4) is 0 Å². The molecule has 1 aromatic rings. The highest BCUT2D eigenvalue weighted by Crippen LogP contribution is 2.13. The predicted molar refractivity (Wildman–Crippen MR) is 74.1 cm³/mol. The lowest BCUT2D eigenvalue weighted by atomic mass is 10.1. The van der Waals surface area contributed by atoms with Crippen molar-refractivity contribution in [1.29, 1.82) is 0 Å². The quantitative estimate of drug-likeness (QED) is 0.804. The molecule has 0 bridgehead atoms. The molecule has 0 aliphatic heterocycles. The van der Waals surface area contributed by atoms with Crippen molar-refractivity contribution in [3.05, 3.63) is 28.5 Å². The van der Waals surface area contributed by atoms with Crippen molar-refractivity contribution in [3.8, 4) is 0 Å². The second kappa shape index (κ2) is 7.34. The number of likely N-dealkylation sites (N-methyl/N-ethyl adjacent to an activating group) is 2. The van der Waals surface area contributed by atoms with Crippen molar-refractivity contribution in [2.75, 3.05) is 27.2 Å². The number of hydrogen-bond acceptors (Lipinski definition) is 3. The summed E-state index contributed by atoms with van der Waals surface area (Å²) in [6.07, 6.45) is 1.82. The van der Waals surface area contributed by atoms with Crippen molar-refractivity contribution in [2.45, 2.75) is 19.8 Å². The van der Waals surface area contributed by atoms with Crippen molar-refractivity contribution in [3.63, 3.8) is 0 Å². The number of rotatable bonds is 6. The van der Waals surface area contributed by atoms with E-state index in [2.05, 4.69) is 17.2 Å². The zero-order chi connectivity index (χ0) is 13.5. The Morgan fingerprint density at radius 1 is 1.50 bits per heavy atom. The third-order valence-corrected chi connectivity index (χ3v) is 2.84. The fraction of sp³-hybridized carbons (Fsp3) is 0.538. The van der Waals surface area contributed by atoms with Crippen LogP contribution in [0.1, 0.15) is 29.4 Å². The molecule has 0 spiro atoms. The molecule has 0 saturated heterocycles. The second-order valence-electron chi connectivity index (χ2n) is 4.25. The summed E-state index contributed by atoms with van der Waals surface area (Å²) in [7, 11) is 3.65. The van der Waals surface area contributed by atoms with Crippen molar-refractivity contribution in [2.24, 2.45) is 0 Å². The number of carbonyl (C=O) groups is 1. The monoisotopic (exact) mass is 269 g/mol. The van der Waals surface area contributed by atoms with Crippen LogP contribution in [0.5, 0.6) is 0 Å². The van der Waals surface area contributed by atoms with Gasteiger partial charge in [0.05, 0.1) is 0 Å². The molecule has 1 aromatic heterocycles. The lowest BCUT2D eigenvalue weighted by molar-refractivity contribution is 0.0796. The Morgan fingerprint density at radius 2 is 2.22 bits per heavy atom. The number of nitrogens with zero attached hydrogens (tertiary/aromatic N) is 2. The summed E-state index contributed by atoms with van der Waals surface area (Å²) in [6.45, 7) is 3.50. The maximum atomic E-state index is 12.2. The molecule has 0 unspecified atom stereocenters. The first-order valence-corrected chi connectivity index (χ1v) is 6.52. The lowest BCUT2D eigenvalue weighted by Gasteiger charge is -2.17. The molecule has 100 valence electrons. The maximum absolute atomic E-state index is 12.2. The first-order valence-electron chi connectivity index (χ1n) is 6.15. The van der Waals surface area contributed by atoms with Gasteiger partial charge in [-0.05, 0) is 25.6 Å². The standard InChI is InChI=1S/C13H20ClN3O/c1-4-5-11-8-10(9-12(14)16-11)13(18)17(3)7-6-15-2/h8-9,15H,4-7H2,1-3H3. The van der Waals surface area contributed by atoms with Gasteiger partial charge in [-0.2, -0.15) is 0 Å². The maximum Gasteiger partial charge on any atom is 0.253 e. The van der Waals surface area contributed by atoms with Crippen molar-refractivity contribution in [1.82, 2.24) is 15.2 Å². The lowest BCUT2D eigenvalue weighted by Crippen LogP contribution is -2.32. The zero-order valence-corrected chi connectivity index (χ0v) is 11.9. The Hall–Kier alpha value is -1.13. The van der Waals surface area contributed by atoms with Crippen molar-refractivity contribution >= 4 is 17.5 Å². The number of carbonyl (C=O) groups excluding carboxylic acids is 1. The predicted octanol–water partition coefficient (Wildman–Crippen LogP) is 1.98. The van der Waals surface area contributed by atoms with E-state index in [1.807, 2.05) is 13.1 Å². The van der Waals surface area contributed by atoms with Gasteiger partial charge in [0.25, 0.3) is 5.91 Å². The van der Waals surface area contributed by atoms with Gasteiger partial charge >= 0.3 is 0 Å². The Labute approximate surface area is 113 Å². The minimum absolute atomic E-state index is 0.0214. The molecule has 1 amide bonds. The summed E-state index contributed by atoms with van der Waals surface area (Å²) in [6, 6.07) is 3.45. The van der Waals surface area contributed by atoms with Gasteiger partial charge < -0.3 is 10.2 Å². The molecule has 0 aliphatic carbocycles.